The SMILES string of the molecule is c1ccc(N(c2ccc(C3CCCCC3)cc2)c2ccc(C3(c4ccc(N(c5ccccc5)c5ccc6sc7ccccc7c6c5)cc4)CCCC3)cc2)cc1. The van der Waals surface area contributed by atoms with Gasteiger partial charge >= 0.3 is 0 Å². The number of hydrogen-bond acceptors (Lipinski definition) is 3. The Bertz CT molecular complexity index is 2540. The second-order valence-corrected chi connectivity index (χ2v) is 17.0. The van der Waals surface area contributed by atoms with E-state index in [9.17, 15) is 0 Å². The lowest BCUT2D eigenvalue weighted by Gasteiger charge is -2.33. The van der Waals surface area contributed by atoms with Gasteiger partial charge in [0.15, 0.2) is 0 Å². The van der Waals surface area contributed by atoms with Gasteiger partial charge in [-0.05, 0) is 133 Å². The van der Waals surface area contributed by atoms with Gasteiger partial charge in [-0.2, -0.15) is 0 Å². The second-order valence-electron chi connectivity index (χ2n) is 15.9. The van der Waals surface area contributed by atoms with Gasteiger partial charge in [-0.25, -0.2) is 0 Å². The Kier molecular flexibility index (Phi) is 9.41. The average molecular weight is 745 g/mol. The number of rotatable bonds is 9. The van der Waals surface area contributed by atoms with Crippen LogP contribution in [0.1, 0.15) is 80.4 Å². The van der Waals surface area contributed by atoms with E-state index in [0.29, 0.717) is 5.92 Å². The maximum atomic E-state index is 2.42. The van der Waals surface area contributed by atoms with Crippen LogP contribution in [0.4, 0.5) is 34.1 Å². The number of thiophene rings is 1. The lowest BCUT2D eigenvalue weighted by atomic mass is 9.73. The first-order valence-electron chi connectivity index (χ1n) is 20.7. The van der Waals surface area contributed by atoms with Gasteiger partial charge in [-0.1, -0.05) is 123 Å². The van der Waals surface area contributed by atoms with Crippen LogP contribution in [0.5, 0.6) is 0 Å². The van der Waals surface area contributed by atoms with Crippen LogP contribution >= 0.6 is 11.3 Å². The molecule has 10 rings (SSSR count). The maximum Gasteiger partial charge on any atom is 0.0468 e. The Hall–Kier alpha value is -5.64. The Morgan fingerprint density at radius 1 is 0.393 bits per heavy atom. The third-order valence-corrected chi connectivity index (χ3v) is 13.8. The summed E-state index contributed by atoms with van der Waals surface area (Å²) in [7, 11) is 0. The normalized spacial score (nSPS) is 15.6. The fraction of sp³-hybridized carbons (Fsp3) is 0.208. The van der Waals surface area contributed by atoms with Gasteiger partial charge in [0.05, 0.1) is 0 Å². The predicted octanol–water partition coefficient (Wildman–Crippen LogP) is 15.9. The molecule has 3 heteroatoms. The summed E-state index contributed by atoms with van der Waals surface area (Å²) in [6.45, 7) is 0. The lowest BCUT2D eigenvalue weighted by molar-refractivity contribution is 0.443. The molecule has 0 unspecified atom stereocenters. The van der Waals surface area contributed by atoms with Crippen LogP contribution in [0.3, 0.4) is 0 Å². The van der Waals surface area contributed by atoms with E-state index in [1.165, 1.54) is 123 Å². The first-order valence-corrected chi connectivity index (χ1v) is 21.5. The van der Waals surface area contributed by atoms with Gasteiger partial charge in [0.25, 0.3) is 0 Å². The minimum atomic E-state index is 0.00234. The monoisotopic (exact) mass is 744 g/mol. The molecule has 0 N–H and O–H groups in total. The van der Waals surface area contributed by atoms with Crippen molar-refractivity contribution < 1.29 is 0 Å². The van der Waals surface area contributed by atoms with Crippen molar-refractivity contribution in [2.24, 2.45) is 0 Å². The minimum Gasteiger partial charge on any atom is -0.311 e. The number of fused-ring (bicyclic) bond motifs is 3. The van der Waals surface area contributed by atoms with E-state index in [1.54, 1.807) is 0 Å². The predicted molar refractivity (Wildman–Crippen MR) is 240 cm³/mol. The van der Waals surface area contributed by atoms with Crippen molar-refractivity contribution in [1.82, 2.24) is 0 Å². The molecule has 0 amide bonds. The smallest absolute Gasteiger partial charge is 0.0468 e. The number of nitrogens with zero attached hydrogens (tertiary/aromatic N) is 2. The molecule has 2 aliphatic carbocycles. The summed E-state index contributed by atoms with van der Waals surface area (Å²) in [5, 5.41) is 2.64. The van der Waals surface area contributed by atoms with E-state index in [4.69, 9.17) is 0 Å². The zero-order chi connectivity index (χ0) is 37.3. The number of anilines is 6. The molecule has 0 radical (unpaired) electrons. The molecule has 0 spiro atoms. The summed E-state index contributed by atoms with van der Waals surface area (Å²) < 4.78 is 2.66. The summed E-state index contributed by atoms with van der Waals surface area (Å²) in [4.78, 5) is 4.82. The van der Waals surface area contributed by atoms with Crippen molar-refractivity contribution in [2.45, 2.75) is 69.1 Å². The summed E-state index contributed by atoms with van der Waals surface area (Å²) in [5.74, 6) is 0.705. The van der Waals surface area contributed by atoms with Crippen LogP contribution < -0.4 is 9.80 Å². The van der Waals surface area contributed by atoms with E-state index < -0.39 is 0 Å². The number of hydrogen-bond donors (Lipinski definition) is 0. The topological polar surface area (TPSA) is 6.48 Å². The molecule has 2 fully saturated rings. The lowest BCUT2D eigenvalue weighted by Crippen LogP contribution is -2.24. The van der Waals surface area contributed by atoms with Gasteiger partial charge in [0, 0.05) is 59.7 Å². The Labute approximate surface area is 335 Å². The largest absolute Gasteiger partial charge is 0.311 e. The molecule has 0 saturated heterocycles. The second kappa shape index (κ2) is 15.1. The van der Waals surface area contributed by atoms with E-state index in [2.05, 4.69) is 186 Å². The van der Waals surface area contributed by atoms with Gasteiger partial charge in [-0.15, -0.1) is 11.3 Å². The van der Waals surface area contributed by atoms with Crippen LogP contribution in [0, 0.1) is 0 Å². The first kappa shape index (κ1) is 34.8. The van der Waals surface area contributed by atoms with Crippen LogP contribution in [0.15, 0.2) is 176 Å². The maximum absolute atomic E-state index is 2.42. The average Bonchev–Trinajstić information content (AvgIpc) is 3.92. The summed E-state index contributed by atoms with van der Waals surface area (Å²) >= 11 is 1.87. The number of benzene rings is 7. The van der Waals surface area contributed by atoms with Crippen LogP contribution in [0.25, 0.3) is 20.2 Å². The highest BCUT2D eigenvalue weighted by atomic mass is 32.1. The highest BCUT2D eigenvalue weighted by molar-refractivity contribution is 7.25. The molecule has 276 valence electrons. The Morgan fingerprint density at radius 3 is 1.45 bits per heavy atom. The Morgan fingerprint density at radius 2 is 0.857 bits per heavy atom. The fourth-order valence-electron chi connectivity index (χ4n) is 9.81. The molecule has 2 saturated carbocycles. The molecule has 7 aromatic carbocycles. The summed E-state index contributed by atoms with van der Waals surface area (Å²) in [6.07, 6.45) is 11.6. The molecule has 2 aliphatic rings. The van der Waals surface area contributed by atoms with Crippen molar-refractivity contribution in [3.8, 4) is 0 Å². The van der Waals surface area contributed by atoms with Gasteiger partial charge < -0.3 is 9.80 Å². The van der Waals surface area contributed by atoms with Crippen LogP contribution in [-0.2, 0) is 5.41 Å². The van der Waals surface area contributed by atoms with Gasteiger partial charge in [0.1, 0.15) is 0 Å². The molecule has 0 aliphatic heterocycles. The molecular formula is C53H48N2S. The van der Waals surface area contributed by atoms with E-state index in [1.807, 2.05) is 11.3 Å². The summed E-state index contributed by atoms with van der Waals surface area (Å²) in [6, 6.07) is 65.9. The van der Waals surface area contributed by atoms with Crippen molar-refractivity contribution >= 4 is 65.6 Å². The van der Waals surface area contributed by atoms with Gasteiger partial charge in [0.2, 0.25) is 0 Å². The first-order chi connectivity index (χ1) is 27.7. The van der Waals surface area contributed by atoms with Crippen molar-refractivity contribution in [2.75, 3.05) is 9.80 Å². The molecule has 56 heavy (non-hydrogen) atoms. The molecular weight excluding hydrogens is 697 g/mol. The quantitative estimate of drug-likeness (QED) is 0.145. The van der Waals surface area contributed by atoms with E-state index in [0.717, 1.165) is 5.69 Å². The zero-order valence-corrected chi connectivity index (χ0v) is 32.8. The molecule has 1 heterocycles. The Balaban J connectivity index is 0.980. The van der Waals surface area contributed by atoms with E-state index >= 15 is 0 Å². The molecule has 0 atom stereocenters. The number of para-hydroxylation sites is 2. The molecule has 1 aromatic heterocycles. The third kappa shape index (κ3) is 6.48. The van der Waals surface area contributed by atoms with Crippen molar-refractivity contribution in [3.63, 3.8) is 0 Å². The van der Waals surface area contributed by atoms with Crippen molar-refractivity contribution in [1.29, 1.82) is 0 Å². The van der Waals surface area contributed by atoms with Crippen molar-refractivity contribution in [3.05, 3.63) is 193 Å². The highest BCUT2D eigenvalue weighted by Gasteiger charge is 2.37. The summed E-state index contributed by atoms with van der Waals surface area (Å²) in [5.41, 5.74) is 11.4. The van der Waals surface area contributed by atoms with E-state index in [-0.39, 0.29) is 5.41 Å². The fourth-order valence-corrected chi connectivity index (χ4v) is 10.9. The van der Waals surface area contributed by atoms with Crippen LogP contribution in [0.2, 0.25) is 0 Å². The molecule has 8 aromatic rings. The standard InChI is InChI=1S/C53H48N2S/c1-4-14-39(15-5-1)40-22-28-45(29-23-40)54(43-16-6-2-7-17-43)46-30-24-41(25-31-46)53(36-12-13-37-53)42-26-32-47(33-27-42)55(44-18-8-3-9-19-44)48-34-35-52-50(38-48)49-20-10-11-21-51(49)56-52/h2-3,6-11,16-35,38-39H,1,4-5,12-15,36-37H2. The highest BCUT2D eigenvalue weighted by Crippen LogP contribution is 2.49. The van der Waals surface area contributed by atoms with Crippen LogP contribution in [-0.4, -0.2) is 0 Å². The third-order valence-electron chi connectivity index (χ3n) is 12.7. The molecule has 2 nitrogen and oxygen atoms in total. The molecule has 0 bridgehead atoms. The minimum absolute atomic E-state index is 0.00234. The zero-order valence-electron chi connectivity index (χ0n) is 32.0. The van der Waals surface area contributed by atoms with Gasteiger partial charge in [-0.3, -0.25) is 0 Å².